The maximum atomic E-state index is 13.1. The number of ether oxygens (including phenoxy) is 4. The molecule has 2 saturated carbocycles. The summed E-state index contributed by atoms with van der Waals surface area (Å²) in [6.45, 7) is 4.21. The van der Waals surface area contributed by atoms with Gasteiger partial charge < -0.3 is 34.3 Å². The summed E-state index contributed by atoms with van der Waals surface area (Å²) in [5, 5.41) is 34.0. The lowest BCUT2D eigenvalue weighted by Gasteiger charge is -2.67. The highest BCUT2D eigenvalue weighted by Crippen LogP contribution is 2.72. The van der Waals surface area contributed by atoms with E-state index in [0.29, 0.717) is 5.57 Å². The minimum absolute atomic E-state index is 0.179. The molecule has 11 atom stereocenters. The van der Waals surface area contributed by atoms with Crippen molar-refractivity contribution in [1.29, 1.82) is 0 Å². The zero-order chi connectivity index (χ0) is 25.0. The predicted octanol–water partition coefficient (Wildman–Crippen LogP) is -1.34. The second kappa shape index (κ2) is 7.09. The van der Waals surface area contributed by atoms with Gasteiger partial charge in [-0.3, -0.25) is 9.59 Å². The van der Waals surface area contributed by atoms with E-state index in [0.717, 1.165) is 14.0 Å². The number of hydrogen-bond donors (Lipinski definition) is 3. The van der Waals surface area contributed by atoms with Crippen LogP contribution in [0.2, 0.25) is 0 Å². The molecular formula is C23H28O11. The van der Waals surface area contributed by atoms with Gasteiger partial charge in [-0.1, -0.05) is 12.5 Å². The number of methoxy groups -OCH3 is 1. The summed E-state index contributed by atoms with van der Waals surface area (Å²) in [4.78, 5) is 50.9. The first-order valence-corrected chi connectivity index (χ1v) is 11.2. The molecule has 0 radical (unpaired) electrons. The number of rotatable bonds is 2. The maximum Gasteiger partial charge on any atom is 0.348 e. The molecule has 186 valence electrons. The zero-order valence-corrected chi connectivity index (χ0v) is 19.2. The highest BCUT2D eigenvalue weighted by atomic mass is 16.6. The number of aliphatic hydroxyl groups is 3. The van der Waals surface area contributed by atoms with Crippen LogP contribution in [-0.4, -0.2) is 88.8 Å². The first-order chi connectivity index (χ1) is 15.9. The first kappa shape index (κ1) is 23.4. The first-order valence-electron chi connectivity index (χ1n) is 11.2. The minimum Gasteiger partial charge on any atom is -0.467 e. The van der Waals surface area contributed by atoms with Gasteiger partial charge in [-0.15, -0.1) is 0 Å². The van der Waals surface area contributed by atoms with Crippen molar-refractivity contribution in [1.82, 2.24) is 0 Å². The Hall–Kier alpha value is -2.34. The van der Waals surface area contributed by atoms with E-state index in [1.807, 2.05) is 0 Å². The van der Waals surface area contributed by atoms with Crippen LogP contribution in [0.4, 0.5) is 0 Å². The van der Waals surface area contributed by atoms with E-state index in [1.54, 1.807) is 13.8 Å². The lowest BCUT2D eigenvalue weighted by Crippen LogP contribution is -2.80. The van der Waals surface area contributed by atoms with E-state index < -0.39 is 88.4 Å². The summed E-state index contributed by atoms with van der Waals surface area (Å²) in [6.07, 6.45) is -6.10. The Bertz CT molecular complexity index is 1020. The van der Waals surface area contributed by atoms with Gasteiger partial charge in [-0.2, -0.15) is 0 Å². The Morgan fingerprint density at radius 1 is 1.18 bits per heavy atom. The quantitative estimate of drug-likeness (QED) is 0.316. The Balaban J connectivity index is 1.80. The van der Waals surface area contributed by atoms with E-state index in [4.69, 9.17) is 18.9 Å². The monoisotopic (exact) mass is 480 g/mol. The van der Waals surface area contributed by atoms with E-state index in [9.17, 15) is 34.5 Å². The van der Waals surface area contributed by atoms with Crippen molar-refractivity contribution >= 4 is 23.7 Å². The van der Waals surface area contributed by atoms with Crippen molar-refractivity contribution in [2.24, 2.45) is 28.6 Å². The minimum atomic E-state index is -2.22. The van der Waals surface area contributed by atoms with Crippen molar-refractivity contribution in [2.45, 2.75) is 63.3 Å². The van der Waals surface area contributed by atoms with Crippen LogP contribution in [0.15, 0.2) is 11.6 Å². The van der Waals surface area contributed by atoms with E-state index in [2.05, 4.69) is 0 Å². The summed E-state index contributed by atoms with van der Waals surface area (Å²) >= 11 is 0. The normalized spacial score (nSPS) is 51.0. The molecule has 0 aromatic rings. The van der Waals surface area contributed by atoms with Crippen LogP contribution in [0.25, 0.3) is 0 Å². The average molecular weight is 480 g/mol. The number of esters is 3. The number of carbonyl (C=O) groups excluding carboxylic acids is 4. The molecule has 11 heteroatoms. The molecule has 11 nitrogen and oxygen atoms in total. The molecule has 2 saturated heterocycles. The molecule has 0 aromatic carbocycles. The smallest absolute Gasteiger partial charge is 0.348 e. The van der Waals surface area contributed by atoms with Crippen molar-refractivity contribution in [3.05, 3.63) is 11.6 Å². The fourth-order valence-corrected chi connectivity index (χ4v) is 7.99. The fraction of sp³-hybridized carbons (Fsp3) is 0.739. The molecule has 1 spiro atoms. The third kappa shape index (κ3) is 2.40. The molecule has 4 fully saturated rings. The van der Waals surface area contributed by atoms with Gasteiger partial charge in [0.2, 0.25) is 11.7 Å². The van der Waals surface area contributed by atoms with Gasteiger partial charge in [0, 0.05) is 23.7 Å². The molecule has 0 amide bonds. The van der Waals surface area contributed by atoms with Gasteiger partial charge >= 0.3 is 17.9 Å². The van der Waals surface area contributed by atoms with E-state index in [-0.39, 0.29) is 13.0 Å². The zero-order valence-electron chi connectivity index (χ0n) is 19.2. The Morgan fingerprint density at radius 3 is 2.47 bits per heavy atom. The average Bonchev–Trinajstić information content (AvgIpc) is 3.08. The van der Waals surface area contributed by atoms with Crippen LogP contribution in [0.5, 0.6) is 0 Å². The maximum absolute atomic E-state index is 13.1. The van der Waals surface area contributed by atoms with Gasteiger partial charge in [0.15, 0.2) is 5.78 Å². The molecule has 34 heavy (non-hydrogen) atoms. The van der Waals surface area contributed by atoms with Crippen molar-refractivity contribution in [3.63, 3.8) is 0 Å². The highest BCUT2D eigenvalue weighted by molar-refractivity contribution is 5.96. The predicted molar refractivity (Wildman–Crippen MR) is 109 cm³/mol. The largest absolute Gasteiger partial charge is 0.467 e. The standard InChI is InChI=1S/C23H28O11/c1-8-5-11(25)17(27)21(3)10(8)6-12-22-7-32-23(20(30)31-4,18(28)13(26)15(21)22)16(22)14(19(29)34-12)33-9(2)24/h5,10,12-18,26-28H,6-7H2,1-4H3/t10-,12+,13?,14?,15+,16+,17?,18?,21-,22+,23+/m0/s1. The molecule has 5 aliphatic rings. The molecule has 2 aliphatic heterocycles. The number of allylic oxidation sites excluding steroid dienone is 1. The van der Waals surface area contributed by atoms with Crippen LogP contribution < -0.4 is 0 Å². The topological polar surface area (TPSA) is 166 Å². The van der Waals surface area contributed by atoms with Gasteiger partial charge in [-0.25, -0.2) is 9.59 Å². The molecule has 3 aliphatic carbocycles. The van der Waals surface area contributed by atoms with Crippen LogP contribution in [0.3, 0.4) is 0 Å². The summed E-state index contributed by atoms with van der Waals surface area (Å²) < 4.78 is 22.0. The number of fused-ring (bicyclic) bond motifs is 2. The number of hydrogen-bond acceptors (Lipinski definition) is 11. The van der Waals surface area contributed by atoms with E-state index in [1.165, 1.54) is 6.08 Å². The molecule has 5 rings (SSSR count). The van der Waals surface area contributed by atoms with Gasteiger partial charge in [0.25, 0.3) is 0 Å². The molecule has 2 heterocycles. The van der Waals surface area contributed by atoms with Gasteiger partial charge in [0.05, 0.1) is 25.7 Å². The lowest BCUT2D eigenvalue weighted by molar-refractivity contribution is -0.298. The van der Waals surface area contributed by atoms with E-state index >= 15 is 0 Å². The molecular weight excluding hydrogens is 452 g/mol. The Kier molecular flexibility index (Phi) is 4.88. The Morgan fingerprint density at radius 2 is 1.85 bits per heavy atom. The van der Waals surface area contributed by atoms with Gasteiger partial charge in [0.1, 0.15) is 18.3 Å². The van der Waals surface area contributed by atoms with Crippen LogP contribution in [-0.2, 0) is 38.1 Å². The summed E-state index contributed by atoms with van der Waals surface area (Å²) in [5.41, 5.74) is -4.23. The third-order valence-electron chi connectivity index (χ3n) is 9.12. The third-order valence-corrected chi connectivity index (χ3v) is 9.12. The van der Waals surface area contributed by atoms with Crippen molar-refractivity contribution < 1.29 is 53.4 Å². The number of aliphatic hydroxyl groups excluding tert-OH is 3. The summed E-state index contributed by atoms with van der Waals surface area (Å²) in [6, 6.07) is 0. The fourth-order valence-electron chi connectivity index (χ4n) is 7.99. The second-order valence-electron chi connectivity index (χ2n) is 10.4. The van der Waals surface area contributed by atoms with Gasteiger partial charge in [-0.05, 0) is 25.3 Å². The Labute approximate surface area is 195 Å². The van der Waals surface area contributed by atoms with Crippen molar-refractivity contribution in [2.75, 3.05) is 13.7 Å². The molecule has 2 bridgehead atoms. The SMILES string of the molecule is COC(=O)[C@]12OC[C@]34[C@H](C(O)C1O)[C@@]1(C)C(O)C(=O)C=C(C)[C@@H]1C[C@H]3OC(=O)C(OC(C)=O)[C@H]42. The molecule has 4 unspecified atom stereocenters. The van der Waals surface area contributed by atoms with Crippen LogP contribution >= 0.6 is 0 Å². The second-order valence-corrected chi connectivity index (χ2v) is 10.4. The van der Waals surface area contributed by atoms with Crippen molar-refractivity contribution in [3.8, 4) is 0 Å². The van der Waals surface area contributed by atoms with Crippen LogP contribution in [0.1, 0.15) is 27.2 Å². The van der Waals surface area contributed by atoms with Crippen LogP contribution in [0, 0.1) is 28.6 Å². The molecule has 3 N–H and O–H groups in total. The summed E-state index contributed by atoms with van der Waals surface area (Å²) in [5.74, 6) is -6.12. The summed E-state index contributed by atoms with van der Waals surface area (Å²) in [7, 11) is 1.08. The molecule has 0 aromatic heterocycles. The number of carbonyl (C=O) groups is 4. The number of ketones is 1. The highest BCUT2D eigenvalue weighted by Gasteiger charge is 2.85. The lowest BCUT2D eigenvalue weighted by atomic mass is 9.38.